The Labute approximate surface area is 153 Å². The zero-order valence-electron chi connectivity index (χ0n) is 13.5. The van der Waals surface area contributed by atoms with E-state index in [4.69, 9.17) is 5.73 Å². The van der Waals surface area contributed by atoms with Gasteiger partial charge < -0.3 is 11.1 Å². The number of carbonyl (C=O) groups is 1. The highest BCUT2D eigenvalue weighted by Crippen LogP contribution is 2.51. The Balaban J connectivity index is 0.00000208. The van der Waals surface area contributed by atoms with E-state index in [1.54, 1.807) is 0 Å². The number of benzene rings is 2. The first-order valence-electron chi connectivity index (χ1n) is 8.01. The first-order valence-corrected chi connectivity index (χ1v) is 8.83. The molecule has 0 radical (unpaired) electrons. The summed E-state index contributed by atoms with van der Waals surface area (Å²) in [5.74, 6) is 0.105. The lowest BCUT2D eigenvalue weighted by atomic mass is 10.1. The van der Waals surface area contributed by atoms with Gasteiger partial charge in [-0.3, -0.25) is 4.79 Å². The standard InChI is InChI=1S/C19H22N2OS.ClH/c20-17-9-5-4-6-15(17)10-11-18(22)21-14-19(12-13-19)23-16-7-2-1-3-8-16;/h1-9H,10-14,20H2,(H,21,22);1H. The number of hydrogen-bond acceptors (Lipinski definition) is 3. The quantitative estimate of drug-likeness (QED) is 0.730. The van der Waals surface area contributed by atoms with Crippen molar-refractivity contribution in [1.82, 2.24) is 5.32 Å². The summed E-state index contributed by atoms with van der Waals surface area (Å²) in [6, 6.07) is 18.1. The number of amides is 1. The van der Waals surface area contributed by atoms with E-state index in [0.717, 1.165) is 17.8 Å². The molecule has 1 amide bonds. The van der Waals surface area contributed by atoms with Gasteiger partial charge in [0.25, 0.3) is 0 Å². The second-order valence-electron chi connectivity index (χ2n) is 6.07. The number of aryl methyl sites for hydroxylation is 1. The van der Waals surface area contributed by atoms with Crippen LogP contribution in [-0.4, -0.2) is 17.2 Å². The molecular formula is C19H23ClN2OS. The van der Waals surface area contributed by atoms with Gasteiger partial charge in [0, 0.05) is 28.3 Å². The normalized spacial score (nSPS) is 14.5. The monoisotopic (exact) mass is 362 g/mol. The van der Waals surface area contributed by atoms with Crippen molar-refractivity contribution in [3.8, 4) is 0 Å². The van der Waals surface area contributed by atoms with Crippen LogP contribution in [0.2, 0.25) is 0 Å². The molecule has 1 saturated carbocycles. The molecule has 24 heavy (non-hydrogen) atoms. The average molecular weight is 363 g/mol. The van der Waals surface area contributed by atoms with Crippen molar-refractivity contribution in [3.63, 3.8) is 0 Å². The topological polar surface area (TPSA) is 55.1 Å². The van der Waals surface area contributed by atoms with E-state index in [-0.39, 0.29) is 23.1 Å². The summed E-state index contributed by atoms with van der Waals surface area (Å²) in [5, 5.41) is 3.09. The molecule has 1 aliphatic rings. The summed E-state index contributed by atoms with van der Waals surface area (Å²) in [6.07, 6.45) is 3.51. The summed E-state index contributed by atoms with van der Waals surface area (Å²) in [6.45, 7) is 0.746. The molecule has 3 nitrogen and oxygen atoms in total. The molecule has 0 heterocycles. The van der Waals surface area contributed by atoms with Gasteiger partial charge in [0.1, 0.15) is 0 Å². The molecule has 0 saturated heterocycles. The van der Waals surface area contributed by atoms with E-state index < -0.39 is 0 Å². The van der Waals surface area contributed by atoms with Crippen LogP contribution in [0, 0.1) is 0 Å². The molecule has 0 aromatic heterocycles. The molecule has 5 heteroatoms. The summed E-state index contributed by atoms with van der Waals surface area (Å²) in [7, 11) is 0. The maximum Gasteiger partial charge on any atom is 0.220 e. The number of rotatable bonds is 7. The van der Waals surface area contributed by atoms with Crippen molar-refractivity contribution >= 4 is 35.8 Å². The molecule has 0 atom stereocenters. The van der Waals surface area contributed by atoms with E-state index in [0.29, 0.717) is 12.8 Å². The van der Waals surface area contributed by atoms with Gasteiger partial charge in [0.05, 0.1) is 0 Å². The van der Waals surface area contributed by atoms with E-state index in [1.165, 1.54) is 17.7 Å². The summed E-state index contributed by atoms with van der Waals surface area (Å²) in [4.78, 5) is 13.4. The number of nitrogens with two attached hydrogens (primary N) is 1. The Morgan fingerprint density at radius 2 is 1.75 bits per heavy atom. The van der Waals surface area contributed by atoms with Crippen molar-refractivity contribution in [1.29, 1.82) is 0 Å². The molecular weight excluding hydrogens is 340 g/mol. The molecule has 2 aromatic rings. The van der Waals surface area contributed by atoms with Gasteiger partial charge in [0.15, 0.2) is 0 Å². The van der Waals surface area contributed by atoms with Gasteiger partial charge in [0.2, 0.25) is 5.91 Å². The number of nitrogens with one attached hydrogen (secondary N) is 1. The van der Waals surface area contributed by atoms with Crippen LogP contribution >= 0.6 is 24.2 Å². The van der Waals surface area contributed by atoms with Gasteiger partial charge >= 0.3 is 0 Å². The maximum atomic E-state index is 12.1. The van der Waals surface area contributed by atoms with E-state index in [2.05, 4.69) is 29.6 Å². The third-order valence-electron chi connectivity index (χ3n) is 4.17. The highest BCUT2D eigenvalue weighted by molar-refractivity contribution is 8.01. The fourth-order valence-corrected chi connectivity index (χ4v) is 3.79. The van der Waals surface area contributed by atoms with Crippen molar-refractivity contribution in [3.05, 3.63) is 60.2 Å². The first-order chi connectivity index (χ1) is 11.2. The van der Waals surface area contributed by atoms with Gasteiger partial charge in [-0.2, -0.15) is 0 Å². The number of anilines is 1. The summed E-state index contributed by atoms with van der Waals surface area (Å²) >= 11 is 1.88. The number of carbonyl (C=O) groups excluding carboxylic acids is 1. The van der Waals surface area contributed by atoms with Crippen LogP contribution in [0.1, 0.15) is 24.8 Å². The smallest absolute Gasteiger partial charge is 0.220 e. The number of halogens is 1. The number of hydrogen-bond donors (Lipinski definition) is 2. The van der Waals surface area contributed by atoms with E-state index >= 15 is 0 Å². The first kappa shape index (κ1) is 18.7. The van der Waals surface area contributed by atoms with Gasteiger partial charge in [-0.25, -0.2) is 0 Å². The van der Waals surface area contributed by atoms with Gasteiger partial charge in [-0.1, -0.05) is 36.4 Å². The highest BCUT2D eigenvalue weighted by Gasteiger charge is 2.43. The molecule has 1 fully saturated rings. The Hall–Kier alpha value is -1.65. The van der Waals surface area contributed by atoms with Gasteiger partial charge in [-0.15, -0.1) is 24.2 Å². The van der Waals surface area contributed by atoms with E-state index in [1.807, 2.05) is 42.1 Å². The molecule has 0 aliphatic heterocycles. The van der Waals surface area contributed by atoms with Crippen LogP contribution in [0.3, 0.4) is 0 Å². The Morgan fingerprint density at radius 1 is 1.08 bits per heavy atom. The second-order valence-corrected chi connectivity index (χ2v) is 7.62. The molecule has 1 aliphatic carbocycles. The lowest BCUT2D eigenvalue weighted by Gasteiger charge is -2.16. The third kappa shape index (κ3) is 5.18. The van der Waals surface area contributed by atoms with E-state index in [9.17, 15) is 4.79 Å². The minimum absolute atomic E-state index is 0. The Kier molecular flexibility index (Phi) is 6.58. The van der Waals surface area contributed by atoms with Crippen LogP contribution in [0.25, 0.3) is 0 Å². The van der Waals surface area contributed by atoms with Crippen molar-refractivity contribution in [2.45, 2.75) is 35.3 Å². The molecule has 0 spiro atoms. The molecule has 0 bridgehead atoms. The fraction of sp³-hybridized carbons (Fsp3) is 0.316. The predicted molar refractivity (Wildman–Crippen MR) is 104 cm³/mol. The third-order valence-corrected chi connectivity index (χ3v) is 5.66. The number of thioether (sulfide) groups is 1. The van der Waals surface area contributed by atoms with Gasteiger partial charge in [-0.05, 0) is 43.0 Å². The van der Waals surface area contributed by atoms with Crippen molar-refractivity contribution < 1.29 is 4.79 Å². The van der Waals surface area contributed by atoms with Crippen LogP contribution in [0.15, 0.2) is 59.5 Å². The lowest BCUT2D eigenvalue weighted by Crippen LogP contribution is -2.31. The second kappa shape index (κ2) is 8.45. The largest absolute Gasteiger partial charge is 0.399 e. The van der Waals surface area contributed by atoms with Crippen molar-refractivity contribution in [2.24, 2.45) is 0 Å². The van der Waals surface area contributed by atoms with Crippen LogP contribution in [0.5, 0.6) is 0 Å². The average Bonchev–Trinajstić information content (AvgIpc) is 3.33. The molecule has 3 rings (SSSR count). The molecule has 128 valence electrons. The molecule has 2 aromatic carbocycles. The number of para-hydroxylation sites is 1. The highest BCUT2D eigenvalue weighted by atomic mass is 35.5. The zero-order chi connectivity index (χ0) is 16.1. The van der Waals surface area contributed by atoms with Crippen LogP contribution in [-0.2, 0) is 11.2 Å². The minimum Gasteiger partial charge on any atom is -0.399 e. The molecule has 3 N–H and O–H groups in total. The maximum absolute atomic E-state index is 12.1. The summed E-state index contributed by atoms with van der Waals surface area (Å²) in [5.41, 5.74) is 7.72. The van der Waals surface area contributed by atoms with Crippen LogP contribution < -0.4 is 11.1 Å². The molecule has 0 unspecified atom stereocenters. The predicted octanol–water partition coefficient (Wildman–Crippen LogP) is 4.06. The zero-order valence-corrected chi connectivity index (χ0v) is 15.2. The Morgan fingerprint density at radius 3 is 2.42 bits per heavy atom. The minimum atomic E-state index is 0. The fourth-order valence-electron chi connectivity index (χ4n) is 2.55. The van der Waals surface area contributed by atoms with Crippen molar-refractivity contribution in [2.75, 3.05) is 12.3 Å². The van der Waals surface area contributed by atoms with Crippen LogP contribution in [0.4, 0.5) is 5.69 Å². The number of nitrogen functional groups attached to an aromatic ring is 1. The summed E-state index contributed by atoms with van der Waals surface area (Å²) < 4.78 is 0.197. The lowest BCUT2D eigenvalue weighted by molar-refractivity contribution is -0.121. The SMILES string of the molecule is Cl.Nc1ccccc1CCC(=O)NCC1(Sc2ccccc2)CC1. The Bertz CT molecular complexity index is 674.